The van der Waals surface area contributed by atoms with E-state index in [1.54, 1.807) is 7.11 Å². The predicted octanol–water partition coefficient (Wildman–Crippen LogP) is 5.56. The van der Waals surface area contributed by atoms with Crippen LogP contribution < -0.4 is 10.1 Å². The van der Waals surface area contributed by atoms with Crippen molar-refractivity contribution in [1.82, 2.24) is 10.3 Å². The number of H-pyrrole nitrogens is 1. The Hall–Kier alpha value is -4.32. The van der Waals surface area contributed by atoms with Crippen LogP contribution in [0.2, 0.25) is 0 Å². The van der Waals surface area contributed by atoms with E-state index in [1.807, 2.05) is 78.9 Å². The summed E-state index contributed by atoms with van der Waals surface area (Å²) in [6.07, 6.45) is 0.790. The van der Waals surface area contributed by atoms with Crippen molar-refractivity contribution in [2.75, 3.05) is 13.7 Å². The summed E-state index contributed by atoms with van der Waals surface area (Å²) in [5, 5.41) is 15.4. The van der Waals surface area contributed by atoms with E-state index in [0.29, 0.717) is 24.3 Å². The van der Waals surface area contributed by atoms with E-state index < -0.39 is 5.92 Å². The third kappa shape index (κ3) is 4.75. The highest BCUT2D eigenvalue weighted by Crippen LogP contribution is 2.46. The first-order valence-corrected chi connectivity index (χ1v) is 12.5. The van der Waals surface area contributed by atoms with Crippen molar-refractivity contribution in [2.24, 2.45) is 0 Å². The Labute approximate surface area is 216 Å². The van der Waals surface area contributed by atoms with E-state index in [-0.39, 0.29) is 29.8 Å². The van der Waals surface area contributed by atoms with Crippen molar-refractivity contribution in [3.8, 4) is 5.75 Å². The molecule has 0 aliphatic heterocycles. The van der Waals surface area contributed by atoms with E-state index in [9.17, 15) is 14.7 Å². The Morgan fingerprint density at radius 2 is 1.78 bits per heavy atom. The minimum absolute atomic E-state index is 0.0655. The summed E-state index contributed by atoms with van der Waals surface area (Å²) in [6.45, 7) is 1.95. The van der Waals surface area contributed by atoms with E-state index in [1.165, 1.54) is 6.92 Å². The molecule has 2 unspecified atom stereocenters. The Balaban J connectivity index is 1.71. The second kappa shape index (κ2) is 10.3. The fourth-order valence-corrected chi connectivity index (χ4v) is 5.38. The second-order valence-corrected chi connectivity index (χ2v) is 9.39. The highest BCUT2D eigenvalue weighted by atomic mass is 16.5. The number of hydrogen-bond donors (Lipinski definition) is 3. The molecule has 0 radical (unpaired) electrons. The summed E-state index contributed by atoms with van der Waals surface area (Å²) < 4.78 is 5.45. The molecular formula is C31H30N2O4. The zero-order chi connectivity index (χ0) is 25.9. The standard InChI is InChI=1S/C31H30N2O4/c1-19(34)32-16-15-24-23-14-13-22(37-2)17-26(23)33-30(24)28(21-11-7-4-8-12-21)29-27(35)18-25(31(29)36)20-9-5-3-6-10-20/h3-14,17,25,28,33,36H,15-16,18H2,1-2H3,(H,32,34). The number of nitrogens with one attached hydrogen (secondary N) is 2. The van der Waals surface area contributed by atoms with Gasteiger partial charge in [0.25, 0.3) is 0 Å². The van der Waals surface area contributed by atoms with Gasteiger partial charge in [0.1, 0.15) is 11.5 Å². The average molecular weight is 495 g/mol. The molecule has 1 heterocycles. The fourth-order valence-electron chi connectivity index (χ4n) is 5.38. The van der Waals surface area contributed by atoms with Crippen molar-refractivity contribution >= 4 is 22.6 Å². The largest absolute Gasteiger partial charge is 0.511 e. The zero-order valence-corrected chi connectivity index (χ0v) is 21.0. The molecule has 0 spiro atoms. The molecule has 2 atom stereocenters. The second-order valence-electron chi connectivity index (χ2n) is 9.39. The summed E-state index contributed by atoms with van der Waals surface area (Å²) in [6, 6.07) is 25.3. The van der Waals surface area contributed by atoms with Gasteiger partial charge in [-0.2, -0.15) is 0 Å². The van der Waals surface area contributed by atoms with Gasteiger partial charge in [-0.15, -0.1) is 0 Å². The van der Waals surface area contributed by atoms with Gasteiger partial charge in [0.2, 0.25) is 5.91 Å². The predicted molar refractivity (Wildman–Crippen MR) is 144 cm³/mol. The van der Waals surface area contributed by atoms with Crippen LogP contribution in [0, 0.1) is 0 Å². The molecule has 6 heteroatoms. The number of amides is 1. The van der Waals surface area contributed by atoms with E-state index in [2.05, 4.69) is 10.3 Å². The van der Waals surface area contributed by atoms with Crippen molar-refractivity contribution in [1.29, 1.82) is 0 Å². The first kappa shape index (κ1) is 24.4. The topological polar surface area (TPSA) is 91.4 Å². The quantitative estimate of drug-likeness (QED) is 0.299. The maximum atomic E-state index is 13.6. The van der Waals surface area contributed by atoms with E-state index in [4.69, 9.17) is 4.74 Å². The highest BCUT2D eigenvalue weighted by molar-refractivity contribution is 6.02. The molecule has 5 rings (SSSR count). The Morgan fingerprint density at radius 3 is 2.46 bits per heavy atom. The number of aliphatic hydroxyl groups is 1. The SMILES string of the molecule is COc1ccc2c(CCNC(C)=O)c(C(C3=C(O)C(c4ccccc4)CC3=O)c3ccccc3)[nH]c2c1. The maximum Gasteiger partial charge on any atom is 0.216 e. The highest BCUT2D eigenvalue weighted by Gasteiger charge is 2.40. The Kier molecular flexibility index (Phi) is 6.82. The zero-order valence-electron chi connectivity index (χ0n) is 21.0. The van der Waals surface area contributed by atoms with Gasteiger partial charge < -0.3 is 20.1 Å². The lowest BCUT2D eigenvalue weighted by molar-refractivity contribution is -0.119. The van der Waals surface area contributed by atoms with Gasteiger partial charge in [-0.1, -0.05) is 60.7 Å². The molecule has 37 heavy (non-hydrogen) atoms. The number of Topliss-reactive ketones (excluding diaryl/α,β-unsaturated/α-hetero) is 1. The first-order chi connectivity index (χ1) is 18.0. The Bertz CT molecular complexity index is 1470. The number of benzene rings is 3. The maximum absolute atomic E-state index is 13.6. The van der Waals surface area contributed by atoms with Crippen LogP contribution in [0.15, 0.2) is 90.2 Å². The molecule has 188 valence electrons. The number of aliphatic hydroxyl groups excluding tert-OH is 1. The monoisotopic (exact) mass is 494 g/mol. The summed E-state index contributed by atoms with van der Waals surface area (Å²) in [5.74, 6) is -0.193. The lowest BCUT2D eigenvalue weighted by Gasteiger charge is -2.20. The smallest absolute Gasteiger partial charge is 0.216 e. The number of allylic oxidation sites excluding steroid dienone is 2. The van der Waals surface area contributed by atoms with Crippen LogP contribution in [0.25, 0.3) is 10.9 Å². The van der Waals surface area contributed by atoms with E-state index >= 15 is 0 Å². The van der Waals surface area contributed by atoms with Crippen LogP contribution in [0.1, 0.15) is 47.6 Å². The molecule has 3 N–H and O–H groups in total. The van der Waals surface area contributed by atoms with Gasteiger partial charge in [0.05, 0.1) is 13.0 Å². The van der Waals surface area contributed by atoms with Crippen LogP contribution in [-0.4, -0.2) is 35.4 Å². The Morgan fingerprint density at radius 1 is 1.08 bits per heavy atom. The number of hydrogen-bond acceptors (Lipinski definition) is 4. The average Bonchev–Trinajstić information content (AvgIpc) is 3.41. The molecule has 4 aromatic rings. The molecule has 6 nitrogen and oxygen atoms in total. The van der Waals surface area contributed by atoms with Crippen LogP contribution in [0.3, 0.4) is 0 Å². The lowest BCUT2D eigenvalue weighted by Crippen LogP contribution is -2.23. The van der Waals surface area contributed by atoms with Gasteiger partial charge in [-0.05, 0) is 35.2 Å². The van der Waals surface area contributed by atoms with Gasteiger partial charge in [-0.3, -0.25) is 9.59 Å². The van der Waals surface area contributed by atoms with Crippen molar-refractivity contribution in [3.63, 3.8) is 0 Å². The molecule has 1 aliphatic rings. The molecule has 1 aromatic heterocycles. The van der Waals surface area contributed by atoms with Gasteiger partial charge in [0.15, 0.2) is 5.78 Å². The van der Waals surface area contributed by atoms with Crippen molar-refractivity contribution in [2.45, 2.75) is 31.6 Å². The molecule has 0 fully saturated rings. The number of rotatable bonds is 8. The summed E-state index contributed by atoms with van der Waals surface area (Å²) in [5.41, 5.74) is 4.95. The first-order valence-electron chi connectivity index (χ1n) is 12.5. The number of fused-ring (bicyclic) bond motifs is 1. The minimum Gasteiger partial charge on any atom is -0.511 e. The number of aromatic amines is 1. The molecule has 0 saturated heterocycles. The molecule has 0 saturated carbocycles. The number of ketones is 1. The van der Waals surface area contributed by atoms with Crippen LogP contribution in [-0.2, 0) is 16.0 Å². The molecule has 3 aromatic carbocycles. The van der Waals surface area contributed by atoms with Crippen molar-refractivity contribution in [3.05, 3.63) is 113 Å². The third-order valence-corrected chi connectivity index (χ3v) is 7.10. The third-order valence-electron chi connectivity index (χ3n) is 7.10. The van der Waals surface area contributed by atoms with Gasteiger partial charge >= 0.3 is 0 Å². The number of carbonyl (C=O) groups excluding carboxylic acids is 2. The number of carbonyl (C=O) groups is 2. The van der Waals surface area contributed by atoms with Crippen molar-refractivity contribution < 1.29 is 19.4 Å². The molecule has 0 bridgehead atoms. The van der Waals surface area contributed by atoms with E-state index in [0.717, 1.165) is 33.3 Å². The van der Waals surface area contributed by atoms with Crippen LogP contribution >= 0.6 is 0 Å². The molecule has 1 aliphatic carbocycles. The fraction of sp³-hybridized carbons (Fsp3) is 0.226. The summed E-state index contributed by atoms with van der Waals surface area (Å²) in [4.78, 5) is 28.7. The summed E-state index contributed by atoms with van der Waals surface area (Å²) in [7, 11) is 1.62. The number of ether oxygens (including phenoxy) is 1. The van der Waals surface area contributed by atoms with Crippen LogP contribution in [0.4, 0.5) is 0 Å². The number of methoxy groups -OCH3 is 1. The normalized spacial score (nSPS) is 16.3. The van der Waals surface area contributed by atoms with Gasteiger partial charge in [-0.25, -0.2) is 0 Å². The summed E-state index contributed by atoms with van der Waals surface area (Å²) >= 11 is 0. The molecule has 1 amide bonds. The molecular weight excluding hydrogens is 464 g/mol. The minimum atomic E-state index is -0.492. The lowest BCUT2D eigenvalue weighted by atomic mass is 9.84. The number of aromatic nitrogens is 1. The van der Waals surface area contributed by atoms with Crippen LogP contribution in [0.5, 0.6) is 5.75 Å². The van der Waals surface area contributed by atoms with Gasteiger partial charge in [0, 0.05) is 54.0 Å².